The molecule has 1 fully saturated rings. The molecule has 1 aliphatic rings. The fourth-order valence-corrected chi connectivity index (χ4v) is 5.41. The van der Waals surface area contributed by atoms with E-state index in [-0.39, 0.29) is 11.8 Å². The first-order valence-corrected chi connectivity index (χ1v) is 12.0. The van der Waals surface area contributed by atoms with Gasteiger partial charge in [0.15, 0.2) is 0 Å². The number of likely N-dealkylation sites (tertiary alicyclic amines) is 1. The van der Waals surface area contributed by atoms with Gasteiger partial charge in [-0.15, -0.1) is 0 Å². The Balaban J connectivity index is 1.68. The van der Waals surface area contributed by atoms with Crippen molar-refractivity contribution in [2.24, 2.45) is 0 Å². The highest BCUT2D eigenvalue weighted by Gasteiger charge is 2.24. The number of hydrogen-bond donors (Lipinski definition) is 1. The van der Waals surface area contributed by atoms with E-state index in [1.54, 1.807) is 24.5 Å². The lowest BCUT2D eigenvalue weighted by atomic mass is 10.1. The number of hydrogen-bond acceptors (Lipinski definition) is 5. The number of nitrogens with one attached hydrogen (secondary N) is 1. The van der Waals surface area contributed by atoms with E-state index in [1.165, 1.54) is 31.2 Å². The average molecular weight is 409 g/mol. The summed E-state index contributed by atoms with van der Waals surface area (Å²) in [5.41, 5.74) is 1.93. The van der Waals surface area contributed by atoms with E-state index in [1.807, 2.05) is 18.2 Å². The smallest absolute Gasteiger partial charge is 0.215 e. The van der Waals surface area contributed by atoms with E-state index >= 15 is 0 Å². The standard InChI is InChI=1S/C20H28N2O3S2/c1-25-19-8-6-7-17(13-19)16-27(23,24)21-14-20(18-9-12-26-15-18)22-10-4-2-3-5-11-22/h6-9,12-13,15,20-21H,2-5,10-11,14,16H2,1H3. The first kappa shape index (κ1) is 20.3. The molecule has 7 heteroatoms. The van der Waals surface area contributed by atoms with Gasteiger partial charge in [0.1, 0.15) is 5.75 Å². The van der Waals surface area contributed by atoms with Crippen LogP contribution in [0.4, 0.5) is 0 Å². The van der Waals surface area contributed by atoms with Gasteiger partial charge in [-0.05, 0) is 66.0 Å². The van der Waals surface area contributed by atoms with E-state index in [9.17, 15) is 8.42 Å². The van der Waals surface area contributed by atoms with E-state index in [0.29, 0.717) is 12.3 Å². The number of ether oxygens (including phenoxy) is 1. The molecule has 0 bridgehead atoms. The predicted octanol–water partition coefficient (Wildman–Crippen LogP) is 3.79. The maximum atomic E-state index is 12.7. The van der Waals surface area contributed by atoms with Crippen LogP contribution in [0.3, 0.4) is 0 Å². The van der Waals surface area contributed by atoms with Crippen molar-refractivity contribution in [3.8, 4) is 5.75 Å². The van der Waals surface area contributed by atoms with Crippen molar-refractivity contribution < 1.29 is 13.2 Å². The zero-order valence-electron chi connectivity index (χ0n) is 15.8. The molecule has 148 valence electrons. The summed E-state index contributed by atoms with van der Waals surface area (Å²) < 4.78 is 33.3. The molecular formula is C20H28N2O3S2. The van der Waals surface area contributed by atoms with Gasteiger partial charge in [0.05, 0.1) is 12.9 Å². The monoisotopic (exact) mass is 408 g/mol. The summed E-state index contributed by atoms with van der Waals surface area (Å²) >= 11 is 1.66. The van der Waals surface area contributed by atoms with Gasteiger partial charge in [0, 0.05) is 12.6 Å². The molecule has 3 rings (SSSR count). The van der Waals surface area contributed by atoms with Crippen molar-refractivity contribution in [1.29, 1.82) is 0 Å². The van der Waals surface area contributed by atoms with E-state index < -0.39 is 10.0 Å². The molecule has 1 aromatic heterocycles. The molecule has 2 aromatic rings. The van der Waals surface area contributed by atoms with Gasteiger partial charge >= 0.3 is 0 Å². The maximum absolute atomic E-state index is 12.7. The summed E-state index contributed by atoms with van der Waals surface area (Å²) in [4.78, 5) is 2.43. The van der Waals surface area contributed by atoms with Crippen molar-refractivity contribution in [2.75, 3.05) is 26.7 Å². The molecule has 5 nitrogen and oxygen atoms in total. The van der Waals surface area contributed by atoms with E-state index in [0.717, 1.165) is 18.7 Å². The molecular weight excluding hydrogens is 380 g/mol. The minimum Gasteiger partial charge on any atom is -0.497 e. The zero-order valence-corrected chi connectivity index (χ0v) is 17.4. The van der Waals surface area contributed by atoms with Crippen LogP contribution < -0.4 is 9.46 Å². The van der Waals surface area contributed by atoms with Crippen LogP contribution in [0, 0.1) is 0 Å². The Morgan fingerprint density at radius 1 is 1.19 bits per heavy atom. The lowest BCUT2D eigenvalue weighted by Gasteiger charge is -2.30. The van der Waals surface area contributed by atoms with Crippen molar-refractivity contribution in [3.05, 3.63) is 52.2 Å². The van der Waals surface area contributed by atoms with Crippen LogP contribution in [0.1, 0.15) is 42.9 Å². The number of benzene rings is 1. The van der Waals surface area contributed by atoms with Crippen LogP contribution in [0.2, 0.25) is 0 Å². The summed E-state index contributed by atoms with van der Waals surface area (Å²) in [6.07, 6.45) is 4.87. The highest BCUT2D eigenvalue weighted by atomic mass is 32.2. The number of thiophene rings is 1. The van der Waals surface area contributed by atoms with Gasteiger partial charge in [-0.2, -0.15) is 11.3 Å². The Morgan fingerprint density at radius 3 is 2.63 bits per heavy atom. The molecule has 0 amide bonds. The Labute approximate surface area is 166 Å². The van der Waals surface area contributed by atoms with Gasteiger partial charge in [-0.25, -0.2) is 13.1 Å². The van der Waals surface area contributed by atoms with E-state index in [2.05, 4.69) is 26.4 Å². The molecule has 1 N–H and O–H groups in total. The summed E-state index contributed by atoms with van der Waals surface area (Å²) in [5, 5.41) is 4.19. The molecule has 0 aliphatic carbocycles. The van der Waals surface area contributed by atoms with Crippen LogP contribution in [0.15, 0.2) is 41.1 Å². The summed E-state index contributed by atoms with van der Waals surface area (Å²) in [5.74, 6) is 0.629. The zero-order chi connectivity index (χ0) is 19.1. The highest BCUT2D eigenvalue weighted by Crippen LogP contribution is 2.26. The lowest BCUT2D eigenvalue weighted by Crippen LogP contribution is -2.38. The van der Waals surface area contributed by atoms with Crippen LogP contribution in [0.25, 0.3) is 0 Å². The van der Waals surface area contributed by atoms with Crippen LogP contribution >= 0.6 is 11.3 Å². The molecule has 1 saturated heterocycles. The van der Waals surface area contributed by atoms with Crippen molar-refractivity contribution >= 4 is 21.4 Å². The van der Waals surface area contributed by atoms with Gasteiger partial charge in [0.2, 0.25) is 10.0 Å². The molecule has 27 heavy (non-hydrogen) atoms. The summed E-state index contributed by atoms with van der Waals surface area (Å²) in [6, 6.07) is 9.41. The predicted molar refractivity (Wildman–Crippen MR) is 111 cm³/mol. The van der Waals surface area contributed by atoms with Crippen molar-refractivity contribution in [3.63, 3.8) is 0 Å². The largest absolute Gasteiger partial charge is 0.497 e. The van der Waals surface area contributed by atoms with Crippen molar-refractivity contribution in [2.45, 2.75) is 37.5 Å². The number of nitrogens with zero attached hydrogens (tertiary/aromatic N) is 1. The maximum Gasteiger partial charge on any atom is 0.215 e. The number of methoxy groups -OCH3 is 1. The summed E-state index contributed by atoms with van der Waals surface area (Å²) in [6.45, 7) is 2.46. The number of sulfonamides is 1. The molecule has 0 radical (unpaired) electrons. The quantitative estimate of drug-likeness (QED) is 0.722. The molecule has 0 spiro atoms. The Kier molecular flexibility index (Phi) is 7.29. The highest BCUT2D eigenvalue weighted by molar-refractivity contribution is 7.88. The molecule has 1 aliphatic heterocycles. The lowest BCUT2D eigenvalue weighted by molar-refractivity contribution is 0.206. The first-order valence-electron chi connectivity index (χ1n) is 9.44. The third kappa shape index (κ3) is 6.04. The first-order chi connectivity index (χ1) is 13.1. The Hall–Kier alpha value is -1.41. The summed E-state index contributed by atoms with van der Waals surface area (Å²) in [7, 11) is -1.84. The SMILES string of the molecule is COc1cccc(CS(=O)(=O)NCC(c2ccsc2)N2CCCCCC2)c1. The fourth-order valence-electron chi connectivity index (χ4n) is 3.57. The molecule has 1 atom stereocenters. The Morgan fingerprint density at radius 2 is 1.96 bits per heavy atom. The molecule has 2 heterocycles. The Bertz CT molecular complexity index is 798. The van der Waals surface area contributed by atoms with Gasteiger partial charge in [0.25, 0.3) is 0 Å². The number of rotatable bonds is 8. The molecule has 0 saturated carbocycles. The van der Waals surface area contributed by atoms with Gasteiger partial charge in [-0.3, -0.25) is 4.90 Å². The van der Waals surface area contributed by atoms with Crippen LogP contribution in [0.5, 0.6) is 5.75 Å². The topological polar surface area (TPSA) is 58.6 Å². The fraction of sp³-hybridized carbons (Fsp3) is 0.500. The van der Waals surface area contributed by atoms with Gasteiger partial charge in [-0.1, -0.05) is 25.0 Å². The van der Waals surface area contributed by atoms with Crippen LogP contribution in [-0.2, 0) is 15.8 Å². The third-order valence-electron chi connectivity index (χ3n) is 5.00. The molecule has 1 aromatic carbocycles. The normalized spacial score (nSPS) is 17.4. The minimum absolute atomic E-state index is 0.0411. The van der Waals surface area contributed by atoms with Crippen molar-refractivity contribution in [1.82, 2.24) is 9.62 Å². The van der Waals surface area contributed by atoms with Crippen LogP contribution in [-0.4, -0.2) is 40.1 Å². The molecule has 1 unspecified atom stereocenters. The third-order valence-corrected chi connectivity index (χ3v) is 7.02. The average Bonchev–Trinajstić information content (AvgIpc) is 3.04. The minimum atomic E-state index is -3.42. The van der Waals surface area contributed by atoms with Gasteiger partial charge < -0.3 is 4.74 Å². The second-order valence-corrected chi connectivity index (χ2v) is 9.57. The second kappa shape index (κ2) is 9.68. The second-order valence-electron chi connectivity index (χ2n) is 6.98. The van der Waals surface area contributed by atoms with E-state index in [4.69, 9.17) is 4.74 Å².